The molecule has 27 heavy (non-hydrogen) atoms. The number of rotatable bonds is 5. The molecule has 0 unspecified atom stereocenters. The number of amides is 1. The fourth-order valence-electron chi connectivity index (χ4n) is 3.22. The Morgan fingerprint density at radius 2 is 1.63 bits per heavy atom. The van der Waals surface area contributed by atoms with Crippen LogP contribution in [0, 0.1) is 0 Å². The zero-order valence-corrected chi connectivity index (χ0v) is 16.9. The third kappa shape index (κ3) is 4.49. The Labute approximate surface area is 169 Å². The number of halogens is 2. The predicted octanol–water partition coefficient (Wildman–Crippen LogP) is 3.97. The van der Waals surface area contributed by atoms with Crippen LogP contribution < -0.4 is 9.47 Å². The molecule has 1 aliphatic heterocycles. The highest BCUT2D eigenvalue weighted by molar-refractivity contribution is 6.35. The van der Waals surface area contributed by atoms with Gasteiger partial charge in [0.05, 0.1) is 14.2 Å². The molecule has 0 aromatic heterocycles. The number of ether oxygens (including phenoxy) is 2. The molecule has 0 aliphatic carbocycles. The summed E-state index contributed by atoms with van der Waals surface area (Å²) in [7, 11) is 3.11. The number of benzene rings is 2. The topological polar surface area (TPSA) is 42.0 Å². The van der Waals surface area contributed by atoms with Crippen molar-refractivity contribution in [2.24, 2.45) is 0 Å². The summed E-state index contributed by atoms with van der Waals surface area (Å²) >= 11 is 12.2. The molecule has 2 aromatic rings. The Morgan fingerprint density at radius 1 is 1.00 bits per heavy atom. The van der Waals surface area contributed by atoms with E-state index >= 15 is 0 Å². The van der Waals surface area contributed by atoms with Gasteiger partial charge in [0.25, 0.3) is 5.91 Å². The predicted molar refractivity (Wildman–Crippen MR) is 107 cm³/mol. The molecular weight excluding hydrogens is 387 g/mol. The second-order valence-corrected chi connectivity index (χ2v) is 7.19. The van der Waals surface area contributed by atoms with Crippen molar-refractivity contribution in [2.45, 2.75) is 6.54 Å². The van der Waals surface area contributed by atoms with Gasteiger partial charge in [-0.25, -0.2) is 0 Å². The van der Waals surface area contributed by atoms with Crippen molar-refractivity contribution in [3.63, 3.8) is 0 Å². The molecule has 0 radical (unpaired) electrons. The van der Waals surface area contributed by atoms with Gasteiger partial charge >= 0.3 is 0 Å². The summed E-state index contributed by atoms with van der Waals surface area (Å²) in [5.74, 6) is 0.970. The normalized spacial score (nSPS) is 14.9. The molecule has 0 bridgehead atoms. The number of methoxy groups -OCH3 is 2. The molecule has 0 saturated carbocycles. The van der Waals surface area contributed by atoms with E-state index in [1.807, 2.05) is 23.1 Å². The third-order valence-electron chi connectivity index (χ3n) is 4.71. The van der Waals surface area contributed by atoms with Crippen LogP contribution >= 0.6 is 23.2 Å². The fourth-order valence-corrected chi connectivity index (χ4v) is 3.69. The number of carbonyl (C=O) groups excluding carboxylic acids is 1. The van der Waals surface area contributed by atoms with Gasteiger partial charge in [0.15, 0.2) is 0 Å². The van der Waals surface area contributed by atoms with Crippen molar-refractivity contribution in [3.8, 4) is 11.5 Å². The quantitative estimate of drug-likeness (QED) is 0.750. The van der Waals surface area contributed by atoms with E-state index < -0.39 is 0 Å². The minimum atomic E-state index is -0.0755. The first-order valence-electron chi connectivity index (χ1n) is 8.70. The van der Waals surface area contributed by atoms with Crippen molar-refractivity contribution in [2.75, 3.05) is 40.4 Å². The molecule has 1 aliphatic rings. The van der Waals surface area contributed by atoms with E-state index in [0.29, 0.717) is 40.2 Å². The lowest BCUT2D eigenvalue weighted by Gasteiger charge is -2.35. The summed E-state index contributed by atoms with van der Waals surface area (Å²) in [5, 5.41) is 1.30. The minimum Gasteiger partial charge on any atom is -0.496 e. The zero-order valence-electron chi connectivity index (χ0n) is 15.4. The van der Waals surface area contributed by atoms with Crippen LogP contribution in [0.25, 0.3) is 0 Å². The van der Waals surface area contributed by atoms with Crippen molar-refractivity contribution in [3.05, 3.63) is 57.6 Å². The van der Waals surface area contributed by atoms with E-state index in [-0.39, 0.29) is 5.91 Å². The van der Waals surface area contributed by atoms with Gasteiger partial charge in [-0.3, -0.25) is 9.69 Å². The average molecular weight is 409 g/mol. The monoisotopic (exact) mass is 408 g/mol. The van der Waals surface area contributed by atoms with Crippen LogP contribution in [0.4, 0.5) is 0 Å². The van der Waals surface area contributed by atoms with Gasteiger partial charge in [-0.05, 0) is 29.8 Å². The number of hydrogen-bond acceptors (Lipinski definition) is 4. The van der Waals surface area contributed by atoms with Gasteiger partial charge < -0.3 is 14.4 Å². The molecule has 0 atom stereocenters. The van der Waals surface area contributed by atoms with Crippen LogP contribution in [-0.2, 0) is 6.54 Å². The first-order valence-corrected chi connectivity index (χ1v) is 9.45. The summed E-state index contributed by atoms with van der Waals surface area (Å²) in [6.45, 7) is 3.52. The van der Waals surface area contributed by atoms with E-state index in [4.69, 9.17) is 32.7 Å². The van der Waals surface area contributed by atoms with Gasteiger partial charge in [0, 0.05) is 42.8 Å². The molecule has 144 valence electrons. The van der Waals surface area contributed by atoms with Crippen molar-refractivity contribution in [1.82, 2.24) is 9.80 Å². The highest BCUT2D eigenvalue weighted by Gasteiger charge is 2.27. The SMILES string of the molecule is COc1cccc(OC)c1C(=O)N1CCN(Cc2ccc(Cl)cc2Cl)CC1. The van der Waals surface area contributed by atoms with E-state index in [2.05, 4.69) is 4.90 Å². The molecule has 1 heterocycles. The minimum absolute atomic E-state index is 0.0755. The van der Waals surface area contributed by atoms with Gasteiger partial charge in [-0.2, -0.15) is 0 Å². The van der Waals surface area contributed by atoms with Crippen LogP contribution in [-0.4, -0.2) is 56.1 Å². The number of piperazine rings is 1. The van der Waals surface area contributed by atoms with Crippen LogP contribution in [0.1, 0.15) is 15.9 Å². The summed E-state index contributed by atoms with van der Waals surface area (Å²) in [6, 6.07) is 10.9. The Balaban J connectivity index is 1.66. The Morgan fingerprint density at radius 3 is 2.19 bits per heavy atom. The summed E-state index contributed by atoms with van der Waals surface area (Å²) < 4.78 is 10.7. The molecule has 0 spiro atoms. The number of carbonyl (C=O) groups is 1. The fraction of sp³-hybridized carbons (Fsp3) is 0.350. The van der Waals surface area contributed by atoms with Crippen LogP contribution in [0.3, 0.4) is 0 Å². The summed E-state index contributed by atoms with van der Waals surface area (Å²) in [5.41, 5.74) is 1.50. The van der Waals surface area contributed by atoms with Gasteiger partial charge in [0.1, 0.15) is 17.1 Å². The third-order valence-corrected chi connectivity index (χ3v) is 5.30. The molecule has 1 amide bonds. The van der Waals surface area contributed by atoms with E-state index in [9.17, 15) is 4.79 Å². The van der Waals surface area contributed by atoms with Crippen molar-refractivity contribution in [1.29, 1.82) is 0 Å². The first-order chi connectivity index (χ1) is 13.0. The van der Waals surface area contributed by atoms with Crippen molar-refractivity contribution < 1.29 is 14.3 Å². The Kier molecular flexibility index (Phi) is 6.47. The largest absolute Gasteiger partial charge is 0.496 e. The lowest BCUT2D eigenvalue weighted by molar-refractivity contribution is 0.0622. The molecule has 0 N–H and O–H groups in total. The van der Waals surface area contributed by atoms with E-state index in [0.717, 1.165) is 25.2 Å². The van der Waals surface area contributed by atoms with Gasteiger partial charge in [-0.15, -0.1) is 0 Å². The second kappa shape index (κ2) is 8.83. The zero-order chi connectivity index (χ0) is 19.4. The van der Waals surface area contributed by atoms with Crippen LogP contribution in [0.15, 0.2) is 36.4 Å². The van der Waals surface area contributed by atoms with Crippen molar-refractivity contribution >= 4 is 29.1 Å². The molecule has 1 fully saturated rings. The highest BCUT2D eigenvalue weighted by atomic mass is 35.5. The number of nitrogens with zero attached hydrogens (tertiary/aromatic N) is 2. The lowest BCUT2D eigenvalue weighted by atomic mass is 10.1. The molecule has 1 saturated heterocycles. The summed E-state index contributed by atoms with van der Waals surface area (Å²) in [4.78, 5) is 17.1. The van der Waals surface area contributed by atoms with Crippen LogP contribution in [0.5, 0.6) is 11.5 Å². The second-order valence-electron chi connectivity index (χ2n) is 6.34. The van der Waals surface area contributed by atoms with Gasteiger partial charge in [0.2, 0.25) is 0 Å². The highest BCUT2D eigenvalue weighted by Crippen LogP contribution is 2.30. The number of hydrogen-bond donors (Lipinski definition) is 0. The lowest BCUT2D eigenvalue weighted by Crippen LogP contribution is -2.48. The molecule has 2 aromatic carbocycles. The van der Waals surface area contributed by atoms with E-state index in [1.165, 1.54) is 0 Å². The van der Waals surface area contributed by atoms with E-state index in [1.54, 1.807) is 32.4 Å². The standard InChI is InChI=1S/C20H22Cl2N2O3/c1-26-17-4-3-5-18(27-2)19(17)20(25)24-10-8-23(9-11-24)13-14-6-7-15(21)12-16(14)22/h3-7,12H,8-11,13H2,1-2H3. The van der Waals surface area contributed by atoms with Gasteiger partial charge in [-0.1, -0.05) is 35.3 Å². The Hall–Kier alpha value is -1.95. The maximum Gasteiger partial charge on any atom is 0.261 e. The molecular formula is C20H22Cl2N2O3. The van der Waals surface area contributed by atoms with Crippen LogP contribution in [0.2, 0.25) is 10.0 Å². The maximum absolute atomic E-state index is 13.0. The molecule has 3 rings (SSSR count). The first kappa shape index (κ1) is 19.8. The Bertz CT molecular complexity index is 799. The molecule has 5 nitrogen and oxygen atoms in total. The average Bonchev–Trinajstić information content (AvgIpc) is 2.69. The maximum atomic E-state index is 13.0. The smallest absolute Gasteiger partial charge is 0.261 e. The molecule has 7 heteroatoms. The summed E-state index contributed by atoms with van der Waals surface area (Å²) in [6.07, 6.45) is 0.